The number of hydrogen-bond acceptors (Lipinski definition) is 5. The largest absolute Gasteiger partial charge is 0.491 e. The summed E-state index contributed by atoms with van der Waals surface area (Å²) in [5, 5.41) is 0. The van der Waals surface area contributed by atoms with E-state index in [-0.39, 0.29) is 11.5 Å². The molecule has 1 atom stereocenters. The smallest absolute Gasteiger partial charge is 0.297 e. The van der Waals surface area contributed by atoms with Crippen LogP contribution < -0.4 is 4.74 Å². The zero-order chi connectivity index (χ0) is 18.4. The molecule has 7 heteroatoms. The van der Waals surface area contributed by atoms with E-state index in [0.717, 1.165) is 5.56 Å². The molecule has 0 aliphatic carbocycles. The van der Waals surface area contributed by atoms with Gasteiger partial charge in [0.1, 0.15) is 18.5 Å². The standard InChI is InChI=1S/C19H20N2O4S/c1-16-7-9-19(10-8-16)26(22,23)25-18(13-21-12-11-20-15-21)14-24-17-5-3-2-4-6-17/h2-12,15,18H,13-14H2,1H3/t18-/m1/s1. The van der Waals surface area contributed by atoms with Gasteiger partial charge in [0.15, 0.2) is 0 Å². The number of rotatable bonds is 8. The number of aromatic nitrogens is 2. The van der Waals surface area contributed by atoms with Crippen molar-refractivity contribution in [2.45, 2.75) is 24.5 Å². The van der Waals surface area contributed by atoms with Gasteiger partial charge in [-0.25, -0.2) is 4.98 Å². The Labute approximate surface area is 153 Å². The number of ether oxygens (including phenoxy) is 1. The molecule has 0 saturated carbocycles. The fraction of sp³-hybridized carbons (Fsp3) is 0.211. The number of aryl methyl sites for hydroxylation is 1. The lowest BCUT2D eigenvalue weighted by Gasteiger charge is -2.19. The summed E-state index contributed by atoms with van der Waals surface area (Å²) in [4.78, 5) is 4.10. The molecule has 2 aromatic carbocycles. The Bertz CT molecular complexity index is 908. The summed E-state index contributed by atoms with van der Waals surface area (Å²) in [7, 11) is -3.90. The van der Waals surface area contributed by atoms with E-state index < -0.39 is 16.2 Å². The third kappa shape index (κ3) is 4.93. The van der Waals surface area contributed by atoms with Crippen molar-refractivity contribution in [3.63, 3.8) is 0 Å². The highest BCUT2D eigenvalue weighted by Gasteiger charge is 2.23. The normalized spacial score (nSPS) is 12.7. The van der Waals surface area contributed by atoms with Gasteiger partial charge in [-0.15, -0.1) is 0 Å². The number of hydrogen-bond donors (Lipinski definition) is 0. The van der Waals surface area contributed by atoms with Crippen molar-refractivity contribution >= 4 is 10.1 Å². The Hall–Kier alpha value is -2.64. The summed E-state index contributed by atoms with van der Waals surface area (Å²) < 4.78 is 38.1. The van der Waals surface area contributed by atoms with Crippen molar-refractivity contribution in [1.82, 2.24) is 9.55 Å². The molecule has 0 N–H and O–H groups in total. The number of nitrogens with zero attached hydrogens (tertiary/aromatic N) is 2. The molecule has 0 aliphatic rings. The van der Waals surface area contributed by atoms with Crippen LogP contribution in [-0.2, 0) is 20.8 Å². The lowest BCUT2D eigenvalue weighted by atomic mass is 10.2. The second kappa shape index (κ2) is 8.16. The molecule has 0 fully saturated rings. The quantitative estimate of drug-likeness (QED) is 0.569. The number of para-hydroxylation sites is 1. The first-order valence-corrected chi connectivity index (χ1v) is 9.57. The predicted molar refractivity (Wildman–Crippen MR) is 97.4 cm³/mol. The Kier molecular flexibility index (Phi) is 5.70. The summed E-state index contributed by atoms with van der Waals surface area (Å²) in [6.45, 7) is 2.29. The average molecular weight is 372 g/mol. The summed E-state index contributed by atoms with van der Waals surface area (Å²) in [6.07, 6.45) is 4.29. The lowest BCUT2D eigenvalue weighted by Crippen LogP contribution is -2.29. The van der Waals surface area contributed by atoms with Gasteiger partial charge in [-0.05, 0) is 31.2 Å². The minimum absolute atomic E-state index is 0.0906. The maximum absolute atomic E-state index is 12.6. The van der Waals surface area contributed by atoms with Crippen LogP contribution >= 0.6 is 0 Å². The average Bonchev–Trinajstić information content (AvgIpc) is 3.14. The van der Waals surface area contributed by atoms with Gasteiger partial charge in [-0.3, -0.25) is 4.18 Å². The molecule has 6 nitrogen and oxygen atoms in total. The van der Waals surface area contributed by atoms with Gasteiger partial charge in [-0.2, -0.15) is 8.42 Å². The Balaban J connectivity index is 1.74. The predicted octanol–water partition coefficient (Wildman–Crippen LogP) is 3.04. The molecule has 0 amide bonds. The highest BCUT2D eigenvalue weighted by Crippen LogP contribution is 2.17. The van der Waals surface area contributed by atoms with Crippen LogP contribution in [0.5, 0.6) is 5.75 Å². The third-order valence-electron chi connectivity index (χ3n) is 3.73. The van der Waals surface area contributed by atoms with Crippen LogP contribution in [0.2, 0.25) is 0 Å². The number of benzene rings is 2. The summed E-state index contributed by atoms with van der Waals surface area (Å²) in [5.74, 6) is 0.652. The molecule has 1 aromatic heterocycles. The first-order valence-electron chi connectivity index (χ1n) is 8.16. The summed E-state index contributed by atoms with van der Waals surface area (Å²) in [6, 6.07) is 15.8. The third-order valence-corrected chi connectivity index (χ3v) is 5.10. The minimum Gasteiger partial charge on any atom is -0.491 e. The van der Waals surface area contributed by atoms with E-state index in [2.05, 4.69) is 4.98 Å². The second-order valence-corrected chi connectivity index (χ2v) is 7.44. The zero-order valence-electron chi connectivity index (χ0n) is 14.4. The van der Waals surface area contributed by atoms with Crippen LogP contribution in [0.25, 0.3) is 0 Å². The molecule has 0 spiro atoms. The Morgan fingerprint density at radius 3 is 2.46 bits per heavy atom. The molecule has 0 saturated heterocycles. The van der Waals surface area contributed by atoms with E-state index in [1.54, 1.807) is 35.4 Å². The maximum atomic E-state index is 12.6. The topological polar surface area (TPSA) is 70.4 Å². The SMILES string of the molecule is Cc1ccc(S(=O)(=O)O[C@@H](COc2ccccc2)Cn2ccnc2)cc1. The van der Waals surface area contributed by atoms with Gasteiger partial charge >= 0.3 is 0 Å². The van der Waals surface area contributed by atoms with Crippen molar-refractivity contribution in [3.05, 3.63) is 78.9 Å². The van der Waals surface area contributed by atoms with Crippen LogP contribution in [-0.4, -0.2) is 30.7 Å². The first kappa shape index (κ1) is 18.2. The Morgan fingerprint density at radius 2 is 1.81 bits per heavy atom. The van der Waals surface area contributed by atoms with E-state index in [1.807, 2.05) is 37.3 Å². The molecular weight excluding hydrogens is 352 g/mol. The van der Waals surface area contributed by atoms with Gasteiger partial charge in [0.05, 0.1) is 17.8 Å². The van der Waals surface area contributed by atoms with Crippen LogP contribution in [0.1, 0.15) is 5.56 Å². The molecular formula is C19H20N2O4S. The van der Waals surface area contributed by atoms with Crippen LogP contribution in [0.3, 0.4) is 0 Å². The fourth-order valence-corrected chi connectivity index (χ4v) is 3.44. The molecule has 0 radical (unpaired) electrons. The van der Waals surface area contributed by atoms with Crippen molar-refractivity contribution in [2.75, 3.05) is 6.61 Å². The second-order valence-electron chi connectivity index (χ2n) is 5.87. The lowest BCUT2D eigenvalue weighted by molar-refractivity contribution is 0.119. The van der Waals surface area contributed by atoms with E-state index >= 15 is 0 Å². The number of imidazole rings is 1. The first-order chi connectivity index (χ1) is 12.5. The molecule has 3 rings (SSSR count). The van der Waals surface area contributed by atoms with Crippen molar-refractivity contribution in [3.8, 4) is 5.75 Å². The van der Waals surface area contributed by atoms with E-state index in [1.165, 1.54) is 12.1 Å². The molecule has 3 aromatic rings. The van der Waals surface area contributed by atoms with Crippen molar-refractivity contribution < 1.29 is 17.3 Å². The highest BCUT2D eigenvalue weighted by molar-refractivity contribution is 7.86. The van der Waals surface area contributed by atoms with Crippen LogP contribution in [0.15, 0.2) is 78.2 Å². The summed E-state index contributed by atoms with van der Waals surface area (Å²) >= 11 is 0. The molecule has 26 heavy (non-hydrogen) atoms. The molecule has 0 unspecified atom stereocenters. The highest BCUT2D eigenvalue weighted by atomic mass is 32.2. The van der Waals surface area contributed by atoms with Crippen molar-refractivity contribution in [1.29, 1.82) is 0 Å². The monoisotopic (exact) mass is 372 g/mol. The minimum atomic E-state index is -3.90. The van der Waals surface area contributed by atoms with E-state index in [9.17, 15) is 8.42 Å². The molecule has 136 valence electrons. The van der Waals surface area contributed by atoms with Crippen molar-refractivity contribution in [2.24, 2.45) is 0 Å². The van der Waals surface area contributed by atoms with Gasteiger partial charge in [0.25, 0.3) is 10.1 Å². The van der Waals surface area contributed by atoms with E-state index in [0.29, 0.717) is 12.3 Å². The van der Waals surface area contributed by atoms with Gasteiger partial charge in [0, 0.05) is 12.4 Å². The van der Waals surface area contributed by atoms with Gasteiger partial charge < -0.3 is 9.30 Å². The van der Waals surface area contributed by atoms with Gasteiger partial charge in [-0.1, -0.05) is 35.9 Å². The maximum Gasteiger partial charge on any atom is 0.297 e. The van der Waals surface area contributed by atoms with E-state index in [4.69, 9.17) is 8.92 Å². The van der Waals surface area contributed by atoms with Crippen LogP contribution in [0.4, 0.5) is 0 Å². The summed E-state index contributed by atoms with van der Waals surface area (Å²) in [5.41, 5.74) is 0.978. The molecule has 0 bridgehead atoms. The van der Waals surface area contributed by atoms with Gasteiger partial charge in [0.2, 0.25) is 0 Å². The molecule has 0 aliphatic heterocycles. The fourth-order valence-electron chi connectivity index (χ4n) is 2.39. The Morgan fingerprint density at radius 1 is 1.08 bits per heavy atom. The van der Waals surface area contributed by atoms with Crippen LogP contribution in [0, 0.1) is 6.92 Å². The molecule has 1 heterocycles. The zero-order valence-corrected chi connectivity index (χ0v) is 15.2.